The summed E-state index contributed by atoms with van der Waals surface area (Å²) in [5.41, 5.74) is 3.72. The maximum atomic E-state index is 13.1. The molecular weight excluding hydrogens is 376 g/mol. The molecule has 3 rings (SSSR count). The van der Waals surface area contributed by atoms with Gasteiger partial charge in [-0.3, -0.25) is 9.48 Å². The van der Waals surface area contributed by atoms with Crippen molar-refractivity contribution in [2.45, 2.75) is 58.4 Å². The number of rotatable bonds is 5. The minimum absolute atomic E-state index is 0.0322. The number of carbonyl (C=O) groups excluding carboxylic acids is 1. The van der Waals surface area contributed by atoms with Gasteiger partial charge in [-0.2, -0.15) is 9.40 Å². The quantitative estimate of drug-likeness (QED) is 0.830. The van der Waals surface area contributed by atoms with E-state index in [0.717, 1.165) is 36.1 Å². The molecule has 0 radical (unpaired) electrons. The zero-order valence-corrected chi connectivity index (χ0v) is 17.8. The van der Waals surface area contributed by atoms with Crippen LogP contribution in [-0.4, -0.2) is 41.5 Å². The lowest BCUT2D eigenvalue weighted by Gasteiger charge is -2.25. The Hall–Kier alpha value is -2.19. The summed E-state index contributed by atoms with van der Waals surface area (Å²) >= 11 is 0. The van der Waals surface area contributed by atoms with Crippen molar-refractivity contribution in [3.05, 3.63) is 40.7 Å². The standard InChI is InChI=1S/C20H28N4O3S/c1-14-8-9-15(2)18(12-14)21-19(25)13-24-17(4)20(16(3)22-24)28(26,27)23-10-6-5-7-11-23/h8-9,12H,5-7,10-11,13H2,1-4H3,(H,21,25). The molecule has 0 bridgehead atoms. The average Bonchev–Trinajstić information content (AvgIpc) is 2.92. The molecule has 0 unspecified atom stereocenters. The second kappa shape index (κ2) is 8.05. The molecule has 28 heavy (non-hydrogen) atoms. The van der Waals surface area contributed by atoms with Crippen LogP contribution in [0, 0.1) is 27.7 Å². The van der Waals surface area contributed by atoms with Gasteiger partial charge in [0.05, 0.1) is 11.4 Å². The highest BCUT2D eigenvalue weighted by molar-refractivity contribution is 7.89. The molecule has 1 aromatic carbocycles. The van der Waals surface area contributed by atoms with E-state index in [-0.39, 0.29) is 17.3 Å². The minimum Gasteiger partial charge on any atom is -0.324 e. The molecule has 1 aromatic heterocycles. The van der Waals surface area contributed by atoms with E-state index in [1.54, 1.807) is 13.8 Å². The van der Waals surface area contributed by atoms with Crippen LogP contribution in [0.3, 0.4) is 0 Å². The van der Waals surface area contributed by atoms with Gasteiger partial charge in [0.1, 0.15) is 11.4 Å². The molecule has 1 fully saturated rings. The maximum Gasteiger partial charge on any atom is 0.246 e. The highest BCUT2D eigenvalue weighted by Gasteiger charge is 2.32. The van der Waals surface area contributed by atoms with Crippen molar-refractivity contribution in [3.63, 3.8) is 0 Å². The van der Waals surface area contributed by atoms with Crippen LogP contribution in [0.5, 0.6) is 0 Å². The van der Waals surface area contributed by atoms with E-state index < -0.39 is 10.0 Å². The Morgan fingerprint density at radius 3 is 2.46 bits per heavy atom. The maximum absolute atomic E-state index is 13.1. The zero-order valence-electron chi connectivity index (χ0n) is 16.9. The normalized spacial score (nSPS) is 15.6. The Kier molecular flexibility index (Phi) is 5.90. The predicted molar refractivity (Wildman–Crippen MR) is 109 cm³/mol. The Labute approximate surface area is 166 Å². The molecule has 0 atom stereocenters. The van der Waals surface area contributed by atoms with Gasteiger partial charge in [-0.05, 0) is 57.7 Å². The van der Waals surface area contributed by atoms with Crippen LogP contribution >= 0.6 is 0 Å². The van der Waals surface area contributed by atoms with Crippen molar-refractivity contribution in [3.8, 4) is 0 Å². The summed E-state index contributed by atoms with van der Waals surface area (Å²) in [6, 6.07) is 5.86. The number of aryl methyl sites for hydroxylation is 3. The van der Waals surface area contributed by atoms with Crippen LogP contribution in [0.15, 0.2) is 23.1 Å². The fourth-order valence-corrected chi connectivity index (χ4v) is 5.53. The second-order valence-electron chi connectivity index (χ2n) is 7.49. The highest BCUT2D eigenvalue weighted by atomic mass is 32.2. The zero-order chi connectivity index (χ0) is 20.5. The second-order valence-corrected chi connectivity index (χ2v) is 9.36. The number of hydrogen-bond acceptors (Lipinski definition) is 4. The average molecular weight is 405 g/mol. The lowest BCUT2D eigenvalue weighted by Crippen LogP contribution is -2.36. The molecule has 2 heterocycles. The van der Waals surface area contributed by atoms with Gasteiger partial charge in [-0.1, -0.05) is 18.6 Å². The Bertz CT molecular complexity index is 989. The van der Waals surface area contributed by atoms with Gasteiger partial charge in [0.2, 0.25) is 15.9 Å². The van der Waals surface area contributed by atoms with Crippen LogP contribution in [0.4, 0.5) is 5.69 Å². The largest absolute Gasteiger partial charge is 0.324 e. The number of piperidine rings is 1. The number of carbonyl (C=O) groups is 1. The summed E-state index contributed by atoms with van der Waals surface area (Å²) in [4.78, 5) is 12.8. The van der Waals surface area contributed by atoms with Crippen LogP contribution < -0.4 is 5.32 Å². The van der Waals surface area contributed by atoms with Gasteiger partial charge in [-0.25, -0.2) is 8.42 Å². The summed E-state index contributed by atoms with van der Waals surface area (Å²) in [6.07, 6.45) is 2.81. The summed E-state index contributed by atoms with van der Waals surface area (Å²) in [6.45, 7) is 8.34. The first kappa shape index (κ1) is 20.5. The smallest absolute Gasteiger partial charge is 0.246 e. The highest BCUT2D eigenvalue weighted by Crippen LogP contribution is 2.26. The van der Waals surface area contributed by atoms with Crippen molar-refractivity contribution in [2.75, 3.05) is 18.4 Å². The fraction of sp³-hybridized carbons (Fsp3) is 0.500. The summed E-state index contributed by atoms with van der Waals surface area (Å²) < 4.78 is 29.2. The number of amides is 1. The van der Waals surface area contributed by atoms with Gasteiger partial charge in [0.25, 0.3) is 0 Å². The van der Waals surface area contributed by atoms with E-state index in [1.165, 1.54) is 8.99 Å². The predicted octanol–water partition coefficient (Wildman–Crippen LogP) is 2.93. The Morgan fingerprint density at radius 2 is 1.79 bits per heavy atom. The third-order valence-electron chi connectivity index (χ3n) is 5.19. The minimum atomic E-state index is -3.59. The van der Waals surface area contributed by atoms with E-state index in [1.807, 2.05) is 32.0 Å². The van der Waals surface area contributed by atoms with Crippen molar-refractivity contribution in [1.29, 1.82) is 0 Å². The number of sulfonamides is 1. The molecule has 152 valence electrons. The number of nitrogens with one attached hydrogen (secondary N) is 1. The van der Waals surface area contributed by atoms with E-state index in [4.69, 9.17) is 0 Å². The first-order valence-electron chi connectivity index (χ1n) is 9.61. The molecule has 1 aliphatic rings. The molecule has 0 spiro atoms. The third-order valence-corrected chi connectivity index (χ3v) is 7.34. The summed E-state index contributed by atoms with van der Waals surface area (Å²) in [5.74, 6) is -0.235. The van der Waals surface area contributed by atoms with Crippen molar-refractivity contribution < 1.29 is 13.2 Å². The van der Waals surface area contributed by atoms with Gasteiger partial charge < -0.3 is 5.32 Å². The number of anilines is 1. The Balaban J connectivity index is 1.81. The van der Waals surface area contributed by atoms with Crippen molar-refractivity contribution >= 4 is 21.6 Å². The number of nitrogens with zero attached hydrogens (tertiary/aromatic N) is 3. The van der Waals surface area contributed by atoms with Gasteiger partial charge >= 0.3 is 0 Å². The van der Waals surface area contributed by atoms with Crippen molar-refractivity contribution in [1.82, 2.24) is 14.1 Å². The summed E-state index contributed by atoms with van der Waals surface area (Å²) in [7, 11) is -3.59. The molecule has 1 amide bonds. The SMILES string of the molecule is Cc1ccc(C)c(NC(=O)Cn2nc(C)c(S(=O)(=O)N3CCCCC3)c2C)c1. The lowest BCUT2D eigenvalue weighted by atomic mass is 10.1. The third kappa shape index (κ3) is 4.12. The van der Waals surface area contributed by atoms with Crippen LogP contribution in [0.1, 0.15) is 41.8 Å². The summed E-state index contributed by atoms with van der Waals surface area (Å²) in [5, 5.41) is 7.24. The van der Waals surface area contributed by atoms with Crippen LogP contribution in [0.25, 0.3) is 0 Å². The molecule has 1 aliphatic heterocycles. The molecule has 8 heteroatoms. The molecule has 2 aromatic rings. The first-order chi connectivity index (χ1) is 13.2. The molecule has 1 saturated heterocycles. The monoisotopic (exact) mass is 404 g/mol. The number of hydrogen-bond donors (Lipinski definition) is 1. The van der Waals surface area contributed by atoms with E-state index in [0.29, 0.717) is 24.5 Å². The van der Waals surface area contributed by atoms with E-state index in [9.17, 15) is 13.2 Å². The van der Waals surface area contributed by atoms with Gasteiger partial charge in [0.15, 0.2) is 0 Å². The first-order valence-corrected chi connectivity index (χ1v) is 11.1. The lowest BCUT2D eigenvalue weighted by molar-refractivity contribution is -0.116. The molecule has 7 nitrogen and oxygen atoms in total. The van der Waals surface area contributed by atoms with Crippen molar-refractivity contribution in [2.24, 2.45) is 0 Å². The number of benzene rings is 1. The van der Waals surface area contributed by atoms with E-state index in [2.05, 4.69) is 10.4 Å². The van der Waals surface area contributed by atoms with Crippen LogP contribution in [-0.2, 0) is 21.4 Å². The number of aromatic nitrogens is 2. The molecular formula is C20H28N4O3S. The topological polar surface area (TPSA) is 84.3 Å². The fourth-order valence-electron chi connectivity index (χ4n) is 3.64. The molecule has 0 saturated carbocycles. The molecule has 1 N–H and O–H groups in total. The van der Waals surface area contributed by atoms with Gasteiger partial charge in [0, 0.05) is 18.8 Å². The molecule has 0 aliphatic carbocycles. The van der Waals surface area contributed by atoms with Gasteiger partial charge in [-0.15, -0.1) is 0 Å². The van der Waals surface area contributed by atoms with E-state index >= 15 is 0 Å². The van der Waals surface area contributed by atoms with Crippen LogP contribution in [0.2, 0.25) is 0 Å². The Morgan fingerprint density at radius 1 is 1.11 bits per heavy atom.